The van der Waals surface area contributed by atoms with Crippen LogP contribution in [0.15, 0.2) is 192 Å². The molecule has 0 atom stereocenters. The molecule has 0 aliphatic rings. The van der Waals surface area contributed by atoms with Gasteiger partial charge in [-0.25, -0.2) is 0 Å². The van der Waals surface area contributed by atoms with Crippen molar-refractivity contribution in [3.8, 4) is 50.6 Å². The van der Waals surface area contributed by atoms with E-state index in [0.717, 1.165) is 38.6 Å². The first-order chi connectivity index (χ1) is 27.2. The van der Waals surface area contributed by atoms with Gasteiger partial charge in [-0.1, -0.05) is 164 Å². The maximum atomic E-state index is 9.73. The van der Waals surface area contributed by atoms with Crippen LogP contribution in [-0.2, 0) is 0 Å². The maximum absolute atomic E-state index is 9.73. The second-order valence-electron chi connectivity index (χ2n) is 14.3. The van der Waals surface area contributed by atoms with E-state index in [1.165, 1.54) is 65.3 Å². The first-order valence-corrected chi connectivity index (χ1v) is 18.6. The molecule has 0 aliphatic carbocycles. The highest BCUT2D eigenvalue weighted by atomic mass is 16.3. The number of hydrogen-bond acceptors (Lipinski definition) is 2. The molecule has 11 aromatic rings. The smallest absolute Gasteiger partial charge is 0.153 e. The lowest BCUT2D eigenvalue weighted by Crippen LogP contribution is -1.92. The van der Waals surface area contributed by atoms with Gasteiger partial charge in [0.1, 0.15) is 11.7 Å². The molecule has 0 saturated carbocycles. The molecule has 0 fully saturated rings. The summed E-state index contributed by atoms with van der Waals surface area (Å²) in [6.45, 7) is 0. The van der Waals surface area contributed by atoms with E-state index in [1.54, 1.807) is 0 Å². The topological polar surface area (TPSA) is 36.9 Å². The summed E-state index contributed by atoms with van der Waals surface area (Å²) in [4.78, 5) is 0. The molecule has 1 heterocycles. The van der Waals surface area contributed by atoms with Crippen LogP contribution in [0.2, 0.25) is 0 Å². The fourth-order valence-corrected chi connectivity index (χ4v) is 8.65. The molecule has 0 bridgehead atoms. The molecule has 10 aromatic carbocycles. The Labute approximate surface area is 317 Å². The number of benzene rings is 10. The monoisotopic (exact) mass is 697 g/mol. The Morgan fingerprint density at radius 3 is 1.47 bits per heavy atom. The van der Waals surface area contributed by atoms with E-state index in [1.807, 2.05) is 18.2 Å². The largest absolute Gasteiger partial charge is 0.454 e. The van der Waals surface area contributed by atoms with Gasteiger partial charge in [0, 0.05) is 16.3 Å². The fraction of sp³-hybridized carbons (Fsp3) is 0. The zero-order valence-electron chi connectivity index (χ0n) is 29.8. The third-order valence-corrected chi connectivity index (χ3v) is 11.3. The van der Waals surface area contributed by atoms with Gasteiger partial charge in [-0.2, -0.15) is 5.26 Å². The summed E-state index contributed by atoms with van der Waals surface area (Å²) in [6, 6.07) is 69.8. The van der Waals surface area contributed by atoms with Crippen molar-refractivity contribution in [3.63, 3.8) is 0 Å². The molecular weight excluding hydrogens is 667 g/mol. The molecule has 2 nitrogen and oxygen atoms in total. The molecule has 0 amide bonds. The van der Waals surface area contributed by atoms with Crippen molar-refractivity contribution >= 4 is 65.0 Å². The van der Waals surface area contributed by atoms with Crippen molar-refractivity contribution in [3.05, 3.63) is 194 Å². The van der Waals surface area contributed by atoms with E-state index in [2.05, 4.69) is 176 Å². The Hall–Kier alpha value is -7.47. The van der Waals surface area contributed by atoms with Gasteiger partial charge in [-0.15, -0.1) is 0 Å². The zero-order valence-corrected chi connectivity index (χ0v) is 29.8. The fourth-order valence-electron chi connectivity index (χ4n) is 8.65. The second kappa shape index (κ2) is 12.3. The van der Waals surface area contributed by atoms with Gasteiger partial charge < -0.3 is 4.42 Å². The van der Waals surface area contributed by atoms with Crippen LogP contribution >= 0.6 is 0 Å². The van der Waals surface area contributed by atoms with Crippen molar-refractivity contribution in [2.24, 2.45) is 0 Å². The maximum Gasteiger partial charge on any atom is 0.153 e. The quantitative estimate of drug-likeness (QED) is 0.172. The Balaban J connectivity index is 1.12. The predicted octanol–water partition coefficient (Wildman–Crippen LogP) is 14.7. The first kappa shape index (κ1) is 31.1. The summed E-state index contributed by atoms with van der Waals surface area (Å²) < 4.78 is 6.39. The van der Waals surface area contributed by atoms with Gasteiger partial charge in [0.2, 0.25) is 0 Å². The average molecular weight is 698 g/mol. The molecular formula is C53H31NO. The molecule has 0 unspecified atom stereocenters. The van der Waals surface area contributed by atoms with Crippen LogP contribution < -0.4 is 0 Å². The van der Waals surface area contributed by atoms with Crippen molar-refractivity contribution in [2.45, 2.75) is 0 Å². The third kappa shape index (κ3) is 4.95. The Kier molecular flexibility index (Phi) is 6.96. The molecule has 0 spiro atoms. The summed E-state index contributed by atoms with van der Waals surface area (Å²) in [5, 5.41) is 21.6. The SMILES string of the molecule is N#Cc1cccc2c1oc1c(-c3ccc(-c4ccc5c(-c6ccc7ccccc7c6)c6ccccc6c(-c6ccc7ccccc7c6)c5c4)cc3)cccc12. The Morgan fingerprint density at radius 2 is 0.818 bits per heavy atom. The normalized spacial score (nSPS) is 11.6. The zero-order chi connectivity index (χ0) is 36.5. The lowest BCUT2D eigenvalue weighted by atomic mass is 9.84. The van der Waals surface area contributed by atoms with Crippen molar-refractivity contribution in [1.29, 1.82) is 5.26 Å². The van der Waals surface area contributed by atoms with Crippen molar-refractivity contribution in [2.75, 3.05) is 0 Å². The van der Waals surface area contributed by atoms with Crippen LogP contribution in [0.25, 0.3) is 110 Å². The van der Waals surface area contributed by atoms with Crippen LogP contribution in [0.3, 0.4) is 0 Å². The van der Waals surface area contributed by atoms with Crippen molar-refractivity contribution in [1.82, 2.24) is 0 Å². The number of rotatable bonds is 4. The summed E-state index contributed by atoms with van der Waals surface area (Å²) in [5.41, 5.74) is 11.3. The standard InChI is InChI=1S/C53H31NO/c54-32-42-13-7-17-47-48-18-8-16-43(53(48)55-52(42)47)36-23-19-35(20-24-36)39-27-28-46-49(31-39)51(41-26-22-34-10-2-4-12-38(34)30-41)45-15-6-5-14-44(45)50(46)40-25-21-33-9-1-3-11-37(33)29-40/h1-31H. The summed E-state index contributed by atoms with van der Waals surface area (Å²) in [5.74, 6) is 0. The number of nitriles is 1. The van der Waals surface area contributed by atoms with Gasteiger partial charge in [0.05, 0.1) is 5.56 Å². The molecule has 2 heteroatoms. The number of fused-ring (bicyclic) bond motifs is 7. The molecule has 0 N–H and O–H groups in total. The molecule has 254 valence electrons. The lowest BCUT2D eigenvalue weighted by molar-refractivity contribution is 0.668. The van der Waals surface area contributed by atoms with Gasteiger partial charge in [0.25, 0.3) is 0 Å². The lowest BCUT2D eigenvalue weighted by Gasteiger charge is -2.19. The minimum atomic E-state index is 0.547. The van der Waals surface area contributed by atoms with E-state index < -0.39 is 0 Å². The highest BCUT2D eigenvalue weighted by Crippen LogP contribution is 2.46. The molecule has 1 aromatic heterocycles. The minimum Gasteiger partial charge on any atom is -0.454 e. The molecule has 0 aliphatic heterocycles. The van der Waals surface area contributed by atoms with Gasteiger partial charge >= 0.3 is 0 Å². The Bertz CT molecular complexity index is 3380. The molecule has 0 radical (unpaired) electrons. The Morgan fingerprint density at radius 1 is 0.327 bits per heavy atom. The van der Waals surface area contributed by atoms with E-state index in [9.17, 15) is 5.26 Å². The van der Waals surface area contributed by atoms with Crippen LogP contribution in [0.1, 0.15) is 5.56 Å². The highest BCUT2D eigenvalue weighted by Gasteiger charge is 2.19. The van der Waals surface area contributed by atoms with Gasteiger partial charge in [0.15, 0.2) is 5.58 Å². The van der Waals surface area contributed by atoms with Crippen molar-refractivity contribution < 1.29 is 4.42 Å². The molecule has 11 rings (SSSR count). The van der Waals surface area contributed by atoms with Gasteiger partial charge in [-0.3, -0.25) is 0 Å². The van der Waals surface area contributed by atoms with Crippen LogP contribution in [-0.4, -0.2) is 0 Å². The van der Waals surface area contributed by atoms with E-state index >= 15 is 0 Å². The second-order valence-corrected chi connectivity index (χ2v) is 14.3. The first-order valence-electron chi connectivity index (χ1n) is 18.6. The predicted molar refractivity (Wildman–Crippen MR) is 230 cm³/mol. The van der Waals surface area contributed by atoms with Crippen LogP contribution in [0.4, 0.5) is 0 Å². The van der Waals surface area contributed by atoms with E-state index in [0.29, 0.717) is 11.1 Å². The van der Waals surface area contributed by atoms with Crippen LogP contribution in [0, 0.1) is 11.3 Å². The highest BCUT2D eigenvalue weighted by molar-refractivity contribution is 6.22. The summed E-state index contributed by atoms with van der Waals surface area (Å²) in [7, 11) is 0. The molecule has 55 heavy (non-hydrogen) atoms. The average Bonchev–Trinajstić information content (AvgIpc) is 3.64. The number of nitrogens with zero attached hydrogens (tertiary/aromatic N) is 1. The number of furan rings is 1. The van der Waals surface area contributed by atoms with E-state index in [-0.39, 0.29) is 0 Å². The van der Waals surface area contributed by atoms with Gasteiger partial charge in [-0.05, 0) is 106 Å². The minimum absolute atomic E-state index is 0.547. The molecule has 0 saturated heterocycles. The summed E-state index contributed by atoms with van der Waals surface area (Å²) in [6.07, 6.45) is 0. The van der Waals surface area contributed by atoms with Crippen LogP contribution in [0.5, 0.6) is 0 Å². The number of hydrogen-bond donors (Lipinski definition) is 0. The van der Waals surface area contributed by atoms with E-state index in [4.69, 9.17) is 4.42 Å². The third-order valence-electron chi connectivity index (χ3n) is 11.3. The summed E-state index contributed by atoms with van der Waals surface area (Å²) >= 11 is 0. The number of para-hydroxylation sites is 2.